The van der Waals surface area contributed by atoms with Gasteiger partial charge in [0.15, 0.2) is 0 Å². The van der Waals surface area contributed by atoms with Crippen LogP contribution in [0.25, 0.3) is 0 Å². The fraction of sp³-hybridized carbons (Fsp3) is 0.545. The molecule has 0 aliphatic carbocycles. The van der Waals surface area contributed by atoms with Gasteiger partial charge in [-0.15, -0.1) is 0 Å². The van der Waals surface area contributed by atoms with Crippen LogP contribution in [0.4, 0.5) is 0 Å². The number of aliphatic hydroxyl groups excluding tert-OH is 1. The number of carbonyl (C=O) groups excluding carboxylic acids is 2. The van der Waals surface area contributed by atoms with Crippen molar-refractivity contribution in [1.29, 1.82) is 0 Å². The molecule has 0 heterocycles. The summed E-state index contributed by atoms with van der Waals surface area (Å²) >= 11 is 0. The quantitative estimate of drug-likeness (QED) is 0.272. The number of carbonyl (C=O) groups is 5. The molecule has 10 nitrogen and oxygen atoms in total. The summed E-state index contributed by atoms with van der Waals surface area (Å²) in [6, 6.07) is 0. The maximum atomic E-state index is 10.2. The van der Waals surface area contributed by atoms with Crippen molar-refractivity contribution < 1.29 is 49.1 Å². The van der Waals surface area contributed by atoms with Crippen LogP contribution in [0.3, 0.4) is 0 Å². The molecule has 0 unspecified atom stereocenters. The minimum Gasteiger partial charge on any atom is -0.481 e. The Morgan fingerprint density at radius 2 is 1.14 bits per heavy atom. The molecule has 0 saturated heterocycles. The predicted molar refractivity (Wildman–Crippen MR) is 66.3 cm³/mol. The summed E-state index contributed by atoms with van der Waals surface area (Å²) in [4.78, 5) is 48.8. The maximum Gasteiger partial charge on any atom is 0.313 e. The smallest absolute Gasteiger partial charge is 0.313 e. The third-order valence-electron chi connectivity index (χ3n) is 1.28. The molecule has 0 aromatic rings. The molecule has 0 spiro atoms. The third kappa shape index (κ3) is 38.1. The molecule has 0 bridgehead atoms. The van der Waals surface area contributed by atoms with Gasteiger partial charge in [-0.05, 0) is 6.92 Å². The Morgan fingerprint density at radius 3 is 1.38 bits per heavy atom. The first kappa shape index (κ1) is 23.6. The number of ether oxygens (including phenoxy) is 1. The van der Waals surface area contributed by atoms with Crippen molar-refractivity contribution in [3.05, 3.63) is 0 Å². The molecule has 0 aliphatic heterocycles. The zero-order valence-corrected chi connectivity index (χ0v) is 11.4. The van der Waals surface area contributed by atoms with Crippen molar-refractivity contribution in [3.63, 3.8) is 0 Å². The van der Waals surface area contributed by atoms with E-state index in [1.54, 1.807) is 6.92 Å². The zero-order chi connectivity index (χ0) is 17.3. The average Bonchev–Trinajstić information content (AvgIpc) is 2.36. The van der Waals surface area contributed by atoms with Crippen molar-refractivity contribution in [2.75, 3.05) is 6.61 Å². The molecule has 0 fully saturated rings. The Bertz CT molecular complexity index is 322. The van der Waals surface area contributed by atoms with Crippen LogP contribution in [0.5, 0.6) is 0 Å². The summed E-state index contributed by atoms with van der Waals surface area (Å²) in [5.41, 5.74) is 0. The molecule has 0 radical (unpaired) electrons. The molecular weight excluding hydrogens is 292 g/mol. The highest BCUT2D eigenvalue weighted by molar-refractivity contribution is 5.80. The lowest BCUT2D eigenvalue weighted by Crippen LogP contribution is -2.05. The van der Waals surface area contributed by atoms with Gasteiger partial charge < -0.3 is 25.2 Å². The minimum atomic E-state index is -1.09. The van der Waals surface area contributed by atoms with Crippen LogP contribution >= 0.6 is 0 Å². The van der Waals surface area contributed by atoms with Gasteiger partial charge in [-0.25, -0.2) is 0 Å². The Labute approximate surface area is 119 Å². The van der Waals surface area contributed by atoms with Crippen molar-refractivity contribution in [2.24, 2.45) is 0 Å². The van der Waals surface area contributed by atoms with Crippen molar-refractivity contribution in [2.45, 2.75) is 32.6 Å². The topological polar surface area (TPSA) is 176 Å². The average molecular weight is 310 g/mol. The van der Waals surface area contributed by atoms with E-state index in [4.69, 9.17) is 20.4 Å². The summed E-state index contributed by atoms with van der Waals surface area (Å²) in [6.45, 7) is 1.91. The Hall–Kier alpha value is -2.49. The van der Waals surface area contributed by atoms with E-state index < -0.39 is 23.9 Å². The minimum absolute atomic E-state index is 0.0236. The Kier molecular flexibility index (Phi) is 19.7. The predicted octanol–water partition coefficient (Wildman–Crippen LogP) is -0.515. The van der Waals surface area contributed by atoms with Gasteiger partial charge in [-0.1, -0.05) is 0 Å². The number of hydrogen-bond donors (Lipinski definition) is 4. The number of rotatable bonds is 7. The van der Waals surface area contributed by atoms with Crippen LogP contribution < -0.4 is 0 Å². The van der Waals surface area contributed by atoms with Gasteiger partial charge in [0.05, 0.1) is 25.7 Å². The highest BCUT2D eigenvalue weighted by Crippen LogP contribution is 1.90. The molecule has 10 heteroatoms. The number of carboxylic acids is 3. The fourth-order valence-electron chi connectivity index (χ4n) is 0.535. The van der Waals surface area contributed by atoms with Gasteiger partial charge in [0.25, 0.3) is 0 Å². The van der Waals surface area contributed by atoms with Gasteiger partial charge in [0, 0.05) is 6.61 Å². The molecule has 0 aromatic heterocycles. The van der Waals surface area contributed by atoms with E-state index in [1.807, 2.05) is 0 Å². The van der Waals surface area contributed by atoms with Crippen molar-refractivity contribution >= 4 is 30.3 Å². The van der Waals surface area contributed by atoms with Gasteiger partial charge in [0.2, 0.25) is 0 Å². The molecule has 0 atom stereocenters. The molecule has 0 saturated carbocycles. The normalized spacial score (nSPS) is 8.10. The third-order valence-corrected chi connectivity index (χ3v) is 1.28. The second kappa shape index (κ2) is 17.5. The molecule has 0 rings (SSSR count). The largest absolute Gasteiger partial charge is 0.481 e. The molecular formula is C11H18O10. The van der Waals surface area contributed by atoms with E-state index >= 15 is 0 Å². The van der Waals surface area contributed by atoms with Crippen LogP contribution in [-0.4, -0.2) is 57.4 Å². The first-order valence-corrected chi connectivity index (χ1v) is 5.60. The Morgan fingerprint density at radius 1 is 0.857 bits per heavy atom. The fourth-order valence-corrected chi connectivity index (χ4v) is 0.535. The second-order valence-corrected chi connectivity index (χ2v) is 3.08. The number of aliphatic hydroxyl groups is 1. The summed E-state index contributed by atoms with van der Waals surface area (Å²) in [7, 11) is 0. The number of aliphatic carboxylic acids is 3. The van der Waals surface area contributed by atoms with E-state index in [1.165, 1.54) is 0 Å². The zero-order valence-electron chi connectivity index (χ0n) is 11.4. The van der Waals surface area contributed by atoms with Gasteiger partial charge in [0.1, 0.15) is 0 Å². The van der Waals surface area contributed by atoms with Crippen LogP contribution in [-0.2, 0) is 28.7 Å². The highest BCUT2D eigenvalue weighted by atomic mass is 16.6. The monoisotopic (exact) mass is 310 g/mol. The van der Waals surface area contributed by atoms with E-state index in [0.717, 1.165) is 0 Å². The summed E-state index contributed by atoms with van der Waals surface area (Å²) in [6.07, 6.45) is -1.18. The van der Waals surface area contributed by atoms with E-state index in [9.17, 15) is 24.0 Å². The standard InChI is InChI=1S/C5H6O5.C4H6O4.C2H6O/c6-3-10-5(9)2-1-4(7)8;5-3(6)1-2-4(7)8;1-2-3/h3H,1-2H2,(H,7,8);1-2H2,(H,5,6)(H,7,8);3H,2H2,1H3. The molecule has 0 aromatic carbocycles. The molecule has 0 amide bonds. The summed E-state index contributed by atoms with van der Waals surface area (Å²) < 4.78 is 3.81. The lowest BCUT2D eigenvalue weighted by molar-refractivity contribution is -0.153. The maximum absolute atomic E-state index is 10.2. The van der Waals surface area contributed by atoms with Gasteiger partial charge in [-0.3, -0.25) is 24.0 Å². The number of hydrogen-bond acceptors (Lipinski definition) is 7. The SMILES string of the molecule is CCO.O=C(O)CCC(=O)O.O=COC(=O)CCC(=O)O. The highest BCUT2D eigenvalue weighted by Gasteiger charge is 2.04. The lowest BCUT2D eigenvalue weighted by atomic mass is 10.3. The lowest BCUT2D eigenvalue weighted by Gasteiger charge is -1.91. The number of carboxylic acid groups (broad SMARTS) is 3. The molecule has 122 valence electrons. The molecule has 21 heavy (non-hydrogen) atoms. The first-order valence-electron chi connectivity index (χ1n) is 5.60. The van der Waals surface area contributed by atoms with Crippen molar-refractivity contribution in [3.8, 4) is 0 Å². The van der Waals surface area contributed by atoms with Crippen LogP contribution in [0.15, 0.2) is 0 Å². The van der Waals surface area contributed by atoms with E-state index in [-0.39, 0.29) is 38.8 Å². The summed E-state index contributed by atoms with van der Waals surface area (Å²) in [5, 5.41) is 31.4. The van der Waals surface area contributed by atoms with Crippen LogP contribution in [0, 0.1) is 0 Å². The Balaban J connectivity index is -0.000000264. The van der Waals surface area contributed by atoms with Gasteiger partial charge in [-0.2, -0.15) is 0 Å². The summed E-state index contributed by atoms with van der Waals surface area (Å²) in [5.74, 6) is -4.07. The molecule has 4 N–H and O–H groups in total. The second-order valence-electron chi connectivity index (χ2n) is 3.08. The van der Waals surface area contributed by atoms with E-state index in [0.29, 0.717) is 0 Å². The van der Waals surface area contributed by atoms with Crippen molar-refractivity contribution in [1.82, 2.24) is 0 Å². The number of esters is 1. The van der Waals surface area contributed by atoms with Gasteiger partial charge >= 0.3 is 30.3 Å². The first-order chi connectivity index (χ1) is 9.70. The van der Waals surface area contributed by atoms with E-state index in [2.05, 4.69) is 4.74 Å². The van der Waals surface area contributed by atoms with Crippen LogP contribution in [0.2, 0.25) is 0 Å². The van der Waals surface area contributed by atoms with Crippen LogP contribution in [0.1, 0.15) is 32.6 Å². The molecule has 0 aliphatic rings.